The number of hydrogen-bond acceptors (Lipinski definition) is 3. The number of aliphatic carboxylic acids is 1. The highest BCUT2D eigenvalue weighted by atomic mass is 79.9. The average molecular weight is 278 g/mol. The van der Waals surface area contributed by atoms with Crippen LogP contribution in [0.4, 0.5) is 0 Å². The largest absolute Gasteiger partial charge is 0.480 e. The highest BCUT2D eigenvalue weighted by Gasteiger charge is 2.10. The van der Waals surface area contributed by atoms with Crippen molar-refractivity contribution in [1.29, 1.82) is 0 Å². The van der Waals surface area contributed by atoms with Crippen LogP contribution in [0, 0.1) is 6.92 Å². The van der Waals surface area contributed by atoms with Crippen LogP contribution in [-0.2, 0) is 11.3 Å². The Bertz CT molecular complexity index is 318. The minimum Gasteiger partial charge on any atom is -0.480 e. The van der Waals surface area contributed by atoms with Crippen LogP contribution in [0.1, 0.15) is 16.7 Å². The number of rotatable bonds is 4. The van der Waals surface area contributed by atoms with Gasteiger partial charge >= 0.3 is 5.97 Å². The predicted octanol–water partition coefficient (Wildman–Crippen LogP) is 2.38. The maximum atomic E-state index is 10.5. The molecule has 3 nitrogen and oxygen atoms in total. The third kappa shape index (κ3) is 3.08. The monoisotopic (exact) mass is 277 g/mol. The van der Waals surface area contributed by atoms with Crippen LogP contribution in [0.5, 0.6) is 0 Å². The van der Waals surface area contributed by atoms with Gasteiger partial charge in [-0.1, -0.05) is 0 Å². The summed E-state index contributed by atoms with van der Waals surface area (Å²) in [5.74, 6) is -0.822. The molecule has 1 rings (SSSR count). The van der Waals surface area contributed by atoms with Crippen molar-refractivity contribution in [3.8, 4) is 0 Å². The van der Waals surface area contributed by atoms with Crippen LogP contribution in [0.2, 0.25) is 0 Å². The Morgan fingerprint density at radius 2 is 2.43 bits per heavy atom. The molecule has 0 saturated heterocycles. The van der Waals surface area contributed by atoms with Crippen molar-refractivity contribution < 1.29 is 9.90 Å². The fraction of sp³-hybridized carbons (Fsp3) is 0.444. The zero-order valence-electron chi connectivity index (χ0n) is 8.00. The fourth-order valence-electron chi connectivity index (χ4n) is 0.946. The van der Waals surface area contributed by atoms with E-state index < -0.39 is 12.0 Å². The van der Waals surface area contributed by atoms with Crippen LogP contribution in [0.25, 0.3) is 0 Å². The fourth-order valence-corrected chi connectivity index (χ4v) is 2.50. The molecule has 78 valence electrons. The van der Waals surface area contributed by atoms with Crippen molar-refractivity contribution in [2.24, 2.45) is 0 Å². The standard InChI is InChI=1S/C9H12BrNO2S/c1-5(9(12)13)11-4-7-3-8(10)6(2)14-7/h3,5,11H,4H2,1-2H3,(H,12,13). The van der Waals surface area contributed by atoms with Crippen molar-refractivity contribution in [3.63, 3.8) is 0 Å². The molecule has 0 amide bonds. The molecule has 1 aromatic rings. The smallest absolute Gasteiger partial charge is 0.320 e. The van der Waals surface area contributed by atoms with Gasteiger partial charge in [-0.2, -0.15) is 0 Å². The summed E-state index contributed by atoms with van der Waals surface area (Å²) >= 11 is 5.08. The molecule has 1 aromatic heterocycles. The summed E-state index contributed by atoms with van der Waals surface area (Å²) in [6, 6.07) is 1.51. The number of carboxylic acid groups (broad SMARTS) is 1. The summed E-state index contributed by atoms with van der Waals surface area (Å²) in [6.07, 6.45) is 0. The van der Waals surface area contributed by atoms with Gasteiger partial charge in [0.15, 0.2) is 0 Å². The molecule has 0 spiro atoms. The van der Waals surface area contributed by atoms with Gasteiger partial charge in [0.05, 0.1) is 0 Å². The van der Waals surface area contributed by atoms with Crippen molar-refractivity contribution in [2.75, 3.05) is 0 Å². The summed E-state index contributed by atoms with van der Waals surface area (Å²) in [7, 11) is 0. The highest BCUT2D eigenvalue weighted by molar-refractivity contribution is 9.10. The number of aryl methyl sites for hydroxylation is 1. The van der Waals surface area contributed by atoms with E-state index in [-0.39, 0.29) is 0 Å². The number of carboxylic acids is 1. The Hall–Kier alpha value is -0.390. The van der Waals surface area contributed by atoms with Crippen molar-refractivity contribution in [1.82, 2.24) is 5.32 Å². The molecule has 1 unspecified atom stereocenters. The number of carbonyl (C=O) groups is 1. The van der Waals surface area contributed by atoms with Crippen LogP contribution in [0.3, 0.4) is 0 Å². The third-order valence-electron chi connectivity index (χ3n) is 1.86. The summed E-state index contributed by atoms with van der Waals surface area (Å²) in [4.78, 5) is 12.9. The van der Waals surface area contributed by atoms with Gasteiger partial charge in [0, 0.05) is 20.8 Å². The molecule has 0 aromatic carbocycles. The lowest BCUT2D eigenvalue weighted by Gasteiger charge is -2.06. The van der Waals surface area contributed by atoms with Gasteiger partial charge in [-0.3, -0.25) is 10.1 Å². The molecule has 14 heavy (non-hydrogen) atoms. The van der Waals surface area contributed by atoms with E-state index >= 15 is 0 Å². The summed E-state index contributed by atoms with van der Waals surface area (Å²) in [6.45, 7) is 4.27. The van der Waals surface area contributed by atoms with Gasteiger partial charge in [-0.15, -0.1) is 11.3 Å². The summed E-state index contributed by atoms with van der Waals surface area (Å²) in [5, 5.41) is 11.6. The second-order valence-electron chi connectivity index (χ2n) is 3.06. The maximum absolute atomic E-state index is 10.5. The number of nitrogens with one attached hydrogen (secondary N) is 1. The normalized spacial score (nSPS) is 12.8. The van der Waals surface area contributed by atoms with Crippen molar-refractivity contribution in [2.45, 2.75) is 26.4 Å². The average Bonchev–Trinajstić information content (AvgIpc) is 2.42. The van der Waals surface area contributed by atoms with Crippen LogP contribution in [0.15, 0.2) is 10.5 Å². The van der Waals surface area contributed by atoms with Gasteiger partial charge in [-0.05, 0) is 35.8 Å². The highest BCUT2D eigenvalue weighted by Crippen LogP contribution is 2.26. The minimum atomic E-state index is -0.822. The molecule has 0 aliphatic heterocycles. The molecule has 2 N–H and O–H groups in total. The summed E-state index contributed by atoms with van der Waals surface area (Å²) in [5.41, 5.74) is 0. The zero-order valence-corrected chi connectivity index (χ0v) is 10.4. The Balaban J connectivity index is 2.50. The van der Waals surface area contributed by atoms with E-state index in [1.54, 1.807) is 18.3 Å². The molecule has 5 heteroatoms. The van der Waals surface area contributed by atoms with E-state index in [2.05, 4.69) is 21.2 Å². The predicted molar refractivity (Wildman–Crippen MR) is 60.7 cm³/mol. The van der Waals surface area contributed by atoms with Crippen LogP contribution < -0.4 is 5.32 Å². The first-order valence-corrected chi connectivity index (χ1v) is 5.82. The lowest BCUT2D eigenvalue weighted by Crippen LogP contribution is -2.32. The maximum Gasteiger partial charge on any atom is 0.320 e. The van der Waals surface area contributed by atoms with E-state index in [1.807, 2.05) is 13.0 Å². The van der Waals surface area contributed by atoms with Crippen molar-refractivity contribution >= 4 is 33.2 Å². The molecular weight excluding hydrogens is 266 g/mol. The lowest BCUT2D eigenvalue weighted by atomic mass is 10.3. The topological polar surface area (TPSA) is 49.3 Å². The molecule has 0 fully saturated rings. The van der Waals surface area contributed by atoms with Crippen molar-refractivity contribution in [3.05, 3.63) is 20.3 Å². The second-order valence-corrected chi connectivity index (χ2v) is 5.25. The van der Waals surface area contributed by atoms with Crippen LogP contribution >= 0.6 is 27.3 Å². The first-order chi connectivity index (χ1) is 6.50. The molecule has 0 saturated carbocycles. The molecule has 0 aliphatic rings. The zero-order chi connectivity index (χ0) is 10.7. The number of halogens is 1. The van der Waals surface area contributed by atoms with E-state index in [4.69, 9.17) is 5.11 Å². The molecule has 0 bridgehead atoms. The number of thiophene rings is 1. The Morgan fingerprint density at radius 1 is 1.79 bits per heavy atom. The van der Waals surface area contributed by atoms with Gasteiger partial charge in [-0.25, -0.2) is 0 Å². The molecular formula is C9H12BrNO2S. The minimum absolute atomic E-state index is 0.504. The molecule has 0 aliphatic carbocycles. The van der Waals surface area contributed by atoms with Gasteiger partial charge < -0.3 is 5.11 Å². The number of hydrogen-bond donors (Lipinski definition) is 2. The second kappa shape index (κ2) is 4.91. The molecule has 1 heterocycles. The van der Waals surface area contributed by atoms with Gasteiger partial charge in [0.1, 0.15) is 6.04 Å². The quantitative estimate of drug-likeness (QED) is 0.889. The Morgan fingerprint density at radius 3 is 2.86 bits per heavy atom. The SMILES string of the molecule is Cc1sc(CNC(C)C(=O)O)cc1Br. The Kier molecular flexibility index (Phi) is 4.10. The first-order valence-electron chi connectivity index (χ1n) is 4.21. The third-order valence-corrected chi connectivity index (χ3v) is 4.00. The van der Waals surface area contributed by atoms with Gasteiger partial charge in [0.2, 0.25) is 0 Å². The van der Waals surface area contributed by atoms with Gasteiger partial charge in [0.25, 0.3) is 0 Å². The van der Waals surface area contributed by atoms with Crippen LogP contribution in [-0.4, -0.2) is 17.1 Å². The first kappa shape index (κ1) is 11.7. The lowest BCUT2D eigenvalue weighted by molar-refractivity contribution is -0.139. The van der Waals surface area contributed by atoms with E-state index in [1.165, 1.54) is 4.88 Å². The summed E-state index contributed by atoms with van der Waals surface area (Å²) < 4.78 is 1.09. The molecule has 0 radical (unpaired) electrons. The molecule has 1 atom stereocenters. The van der Waals surface area contributed by atoms with E-state index in [0.717, 1.165) is 9.35 Å². The van der Waals surface area contributed by atoms with E-state index in [0.29, 0.717) is 6.54 Å². The Labute approximate surface area is 95.3 Å². The van der Waals surface area contributed by atoms with E-state index in [9.17, 15) is 4.79 Å².